The van der Waals surface area contributed by atoms with Crippen LogP contribution < -0.4 is 0 Å². The van der Waals surface area contributed by atoms with Crippen molar-refractivity contribution in [2.75, 3.05) is 0 Å². The standard InChI is InChI=1S/C15H14N2/c1-2-6-15-14(5-1)8-11-17(15)10-7-13-4-3-9-16-12-13/h1-6,8-9,11-12H,7,10H2. The van der Waals surface area contributed by atoms with Gasteiger partial charge in [-0.2, -0.15) is 0 Å². The van der Waals surface area contributed by atoms with E-state index in [4.69, 9.17) is 0 Å². The lowest BCUT2D eigenvalue weighted by atomic mass is 10.2. The maximum absolute atomic E-state index is 4.14. The zero-order valence-corrected chi connectivity index (χ0v) is 9.58. The van der Waals surface area contributed by atoms with Crippen molar-refractivity contribution >= 4 is 10.9 Å². The molecule has 3 rings (SSSR count). The van der Waals surface area contributed by atoms with Gasteiger partial charge in [0.2, 0.25) is 0 Å². The number of para-hydroxylation sites is 1. The van der Waals surface area contributed by atoms with Gasteiger partial charge < -0.3 is 4.57 Å². The molecule has 0 aliphatic carbocycles. The number of pyridine rings is 1. The lowest BCUT2D eigenvalue weighted by Crippen LogP contribution is -1.99. The van der Waals surface area contributed by atoms with E-state index >= 15 is 0 Å². The minimum Gasteiger partial charge on any atom is -0.347 e. The molecule has 0 aliphatic heterocycles. The van der Waals surface area contributed by atoms with E-state index < -0.39 is 0 Å². The lowest BCUT2D eigenvalue weighted by molar-refractivity contribution is 0.721. The van der Waals surface area contributed by atoms with E-state index in [-0.39, 0.29) is 0 Å². The van der Waals surface area contributed by atoms with E-state index in [9.17, 15) is 0 Å². The van der Waals surface area contributed by atoms with E-state index in [0.717, 1.165) is 13.0 Å². The van der Waals surface area contributed by atoms with Gasteiger partial charge in [0.25, 0.3) is 0 Å². The SMILES string of the molecule is c1cncc(CCn2ccc3ccccc32)c1. The number of rotatable bonds is 3. The van der Waals surface area contributed by atoms with Gasteiger partial charge in [-0.1, -0.05) is 24.3 Å². The summed E-state index contributed by atoms with van der Waals surface area (Å²) in [6.45, 7) is 0.999. The predicted octanol–water partition coefficient (Wildman–Crippen LogP) is 3.28. The summed E-state index contributed by atoms with van der Waals surface area (Å²) < 4.78 is 2.29. The highest BCUT2D eigenvalue weighted by Gasteiger charge is 1.99. The Balaban J connectivity index is 1.82. The first-order valence-corrected chi connectivity index (χ1v) is 5.86. The molecule has 2 heteroatoms. The third-order valence-corrected chi connectivity index (χ3v) is 3.04. The fourth-order valence-corrected chi connectivity index (χ4v) is 2.13. The fraction of sp³-hybridized carbons (Fsp3) is 0.133. The van der Waals surface area contributed by atoms with E-state index in [0.29, 0.717) is 0 Å². The molecule has 1 aromatic carbocycles. The Bertz CT molecular complexity index is 611. The summed E-state index contributed by atoms with van der Waals surface area (Å²) in [5, 5.41) is 1.30. The summed E-state index contributed by atoms with van der Waals surface area (Å²) in [7, 11) is 0. The molecule has 0 radical (unpaired) electrons. The smallest absolute Gasteiger partial charge is 0.0480 e. The zero-order valence-electron chi connectivity index (χ0n) is 9.58. The maximum Gasteiger partial charge on any atom is 0.0480 e. The first-order chi connectivity index (χ1) is 8.43. The molecule has 17 heavy (non-hydrogen) atoms. The molecule has 0 fully saturated rings. The van der Waals surface area contributed by atoms with Crippen LogP contribution in [-0.2, 0) is 13.0 Å². The molecule has 2 aromatic heterocycles. The number of hydrogen-bond donors (Lipinski definition) is 0. The highest BCUT2D eigenvalue weighted by Crippen LogP contribution is 2.15. The molecule has 0 amide bonds. The summed E-state index contributed by atoms with van der Waals surface area (Å²) >= 11 is 0. The normalized spacial score (nSPS) is 10.8. The van der Waals surface area contributed by atoms with Crippen molar-refractivity contribution in [3.05, 3.63) is 66.6 Å². The van der Waals surface area contributed by atoms with Gasteiger partial charge in [-0.05, 0) is 35.6 Å². The number of hydrogen-bond acceptors (Lipinski definition) is 1. The third-order valence-electron chi connectivity index (χ3n) is 3.04. The Morgan fingerprint density at radius 2 is 1.94 bits per heavy atom. The minimum atomic E-state index is 0.999. The van der Waals surface area contributed by atoms with E-state index in [1.165, 1.54) is 16.5 Å². The van der Waals surface area contributed by atoms with Crippen LogP contribution >= 0.6 is 0 Å². The Morgan fingerprint density at radius 3 is 2.82 bits per heavy atom. The zero-order chi connectivity index (χ0) is 11.5. The number of aryl methyl sites for hydroxylation is 2. The lowest BCUT2D eigenvalue weighted by Gasteiger charge is -2.05. The van der Waals surface area contributed by atoms with Crippen LogP contribution in [0.5, 0.6) is 0 Å². The van der Waals surface area contributed by atoms with Crippen molar-refractivity contribution in [3.8, 4) is 0 Å². The molecule has 2 heterocycles. The first kappa shape index (κ1) is 10.1. The van der Waals surface area contributed by atoms with Gasteiger partial charge in [0, 0.05) is 30.7 Å². The highest BCUT2D eigenvalue weighted by atomic mass is 14.9. The molecule has 3 aromatic rings. The monoisotopic (exact) mass is 222 g/mol. The van der Waals surface area contributed by atoms with Crippen molar-refractivity contribution in [1.29, 1.82) is 0 Å². The van der Waals surface area contributed by atoms with Crippen LogP contribution in [-0.4, -0.2) is 9.55 Å². The van der Waals surface area contributed by atoms with Gasteiger partial charge in [0.1, 0.15) is 0 Å². The number of benzene rings is 1. The molecular weight excluding hydrogens is 208 g/mol. The van der Waals surface area contributed by atoms with Crippen LogP contribution in [0.25, 0.3) is 10.9 Å². The highest BCUT2D eigenvalue weighted by molar-refractivity contribution is 5.79. The summed E-state index contributed by atoms with van der Waals surface area (Å²) in [4.78, 5) is 4.14. The predicted molar refractivity (Wildman–Crippen MR) is 69.9 cm³/mol. The van der Waals surface area contributed by atoms with Gasteiger partial charge in [-0.3, -0.25) is 4.98 Å². The fourth-order valence-electron chi connectivity index (χ4n) is 2.13. The van der Waals surface area contributed by atoms with Crippen LogP contribution in [0, 0.1) is 0 Å². The van der Waals surface area contributed by atoms with Crippen molar-refractivity contribution in [2.24, 2.45) is 0 Å². The molecule has 0 unspecified atom stereocenters. The van der Waals surface area contributed by atoms with Gasteiger partial charge in [-0.15, -0.1) is 0 Å². The number of nitrogens with zero attached hydrogens (tertiary/aromatic N) is 2. The van der Waals surface area contributed by atoms with E-state index in [2.05, 4.69) is 52.1 Å². The van der Waals surface area contributed by atoms with Crippen molar-refractivity contribution in [1.82, 2.24) is 9.55 Å². The minimum absolute atomic E-state index is 0.999. The summed E-state index contributed by atoms with van der Waals surface area (Å²) in [5.41, 5.74) is 2.58. The largest absolute Gasteiger partial charge is 0.347 e. The topological polar surface area (TPSA) is 17.8 Å². The summed E-state index contributed by atoms with van der Waals surface area (Å²) in [6.07, 6.45) is 6.92. The summed E-state index contributed by atoms with van der Waals surface area (Å²) in [6, 6.07) is 14.8. The second-order valence-electron chi connectivity index (χ2n) is 4.18. The van der Waals surface area contributed by atoms with Gasteiger partial charge in [0.05, 0.1) is 0 Å². The summed E-state index contributed by atoms with van der Waals surface area (Å²) in [5.74, 6) is 0. The van der Waals surface area contributed by atoms with Gasteiger partial charge in [0.15, 0.2) is 0 Å². The molecule has 0 aliphatic rings. The van der Waals surface area contributed by atoms with Crippen LogP contribution in [0.3, 0.4) is 0 Å². The Kier molecular flexibility index (Phi) is 2.62. The number of aromatic nitrogens is 2. The molecular formula is C15H14N2. The van der Waals surface area contributed by atoms with Crippen molar-refractivity contribution in [3.63, 3.8) is 0 Å². The molecule has 0 saturated heterocycles. The second kappa shape index (κ2) is 4.42. The first-order valence-electron chi connectivity index (χ1n) is 5.86. The maximum atomic E-state index is 4.14. The quantitative estimate of drug-likeness (QED) is 0.665. The Labute approximate surface area is 101 Å². The Morgan fingerprint density at radius 1 is 1.00 bits per heavy atom. The average Bonchev–Trinajstić information content (AvgIpc) is 2.81. The number of fused-ring (bicyclic) bond motifs is 1. The van der Waals surface area contributed by atoms with Gasteiger partial charge >= 0.3 is 0 Å². The molecule has 84 valence electrons. The van der Waals surface area contributed by atoms with Crippen LogP contribution in [0.15, 0.2) is 61.1 Å². The molecule has 0 N–H and O–H groups in total. The average molecular weight is 222 g/mol. The third kappa shape index (κ3) is 2.07. The van der Waals surface area contributed by atoms with Gasteiger partial charge in [-0.25, -0.2) is 0 Å². The van der Waals surface area contributed by atoms with Crippen molar-refractivity contribution in [2.45, 2.75) is 13.0 Å². The molecule has 0 atom stereocenters. The van der Waals surface area contributed by atoms with Crippen LogP contribution in [0.2, 0.25) is 0 Å². The van der Waals surface area contributed by atoms with E-state index in [1.54, 1.807) is 0 Å². The molecule has 0 bridgehead atoms. The van der Waals surface area contributed by atoms with Crippen LogP contribution in [0.1, 0.15) is 5.56 Å². The molecule has 2 nitrogen and oxygen atoms in total. The molecule has 0 spiro atoms. The van der Waals surface area contributed by atoms with Crippen LogP contribution in [0.4, 0.5) is 0 Å². The molecule has 0 saturated carbocycles. The van der Waals surface area contributed by atoms with E-state index in [1.807, 2.05) is 18.5 Å². The Hall–Kier alpha value is -2.09. The second-order valence-corrected chi connectivity index (χ2v) is 4.18. The van der Waals surface area contributed by atoms with Crippen molar-refractivity contribution < 1.29 is 0 Å².